The molecule has 142 valence electrons. The number of nitrogens with zero attached hydrogens (tertiary/aromatic N) is 1. The van der Waals surface area contributed by atoms with Crippen LogP contribution < -0.4 is 16.0 Å². The highest BCUT2D eigenvalue weighted by molar-refractivity contribution is 7.16. The van der Waals surface area contributed by atoms with E-state index in [1.54, 1.807) is 35.6 Å². The van der Waals surface area contributed by atoms with Crippen LogP contribution in [0.15, 0.2) is 47.2 Å². The number of carbonyl (C=O) groups excluding carboxylic acids is 3. The highest BCUT2D eigenvalue weighted by atomic mass is 32.1. The predicted molar refractivity (Wildman–Crippen MR) is 110 cm³/mol. The van der Waals surface area contributed by atoms with E-state index in [-0.39, 0.29) is 30.6 Å². The Bertz CT molecular complexity index is 1030. The standard InChI is InChI=1S/C19H16N4O3S2/c24-16(23-19-22-14(10-28-19)15-6-3-9-27-15)8-7-13-18(26)20-12-5-2-1-4-11(12)17(25)21-13/h1-6,9-10,13H,7-8H2,(H,20,26)(H,21,25)(H,22,23,24)/t13-/m1/s1. The van der Waals surface area contributed by atoms with E-state index in [1.807, 2.05) is 22.9 Å². The molecule has 0 unspecified atom stereocenters. The number of thiazole rings is 1. The van der Waals surface area contributed by atoms with Crippen LogP contribution in [0.3, 0.4) is 0 Å². The lowest BCUT2D eigenvalue weighted by Crippen LogP contribution is -2.41. The quantitative estimate of drug-likeness (QED) is 0.598. The maximum atomic E-state index is 12.4. The molecular formula is C19H16N4O3S2. The van der Waals surface area contributed by atoms with Gasteiger partial charge in [-0.1, -0.05) is 18.2 Å². The summed E-state index contributed by atoms with van der Waals surface area (Å²) in [6, 6.07) is 9.95. The van der Waals surface area contributed by atoms with Crippen LogP contribution in [-0.4, -0.2) is 28.7 Å². The van der Waals surface area contributed by atoms with Gasteiger partial charge in [-0.3, -0.25) is 14.4 Å². The molecule has 0 bridgehead atoms. The van der Waals surface area contributed by atoms with Crippen molar-refractivity contribution in [1.29, 1.82) is 0 Å². The SMILES string of the molecule is O=C(CC[C@H]1NC(=O)c2ccccc2NC1=O)Nc1nc(-c2cccs2)cs1. The van der Waals surface area contributed by atoms with Crippen molar-refractivity contribution in [3.63, 3.8) is 0 Å². The van der Waals surface area contributed by atoms with Gasteiger partial charge in [0.1, 0.15) is 6.04 Å². The van der Waals surface area contributed by atoms with Gasteiger partial charge in [-0.15, -0.1) is 22.7 Å². The van der Waals surface area contributed by atoms with E-state index >= 15 is 0 Å². The summed E-state index contributed by atoms with van der Waals surface area (Å²) in [5.74, 6) is -0.920. The number of fused-ring (bicyclic) bond motifs is 1. The normalized spacial score (nSPS) is 15.9. The van der Waals surface area contributed by atoms with E-state index in [0.717, 1.165) is 10.6 Å². The second kappa shape index (κ2) is 7.91. The number of rotatable bonds is 5. The number of anilines is 2. The molecule has 28 heavy (non-hydrogen) atoms. The molecule has 3 heterocycles. The summed E-state index contributed by atoms with van der Waals surface area (Å²) in [4.78, 5) is 42.4. The van der Waals surface area contributed by atoms with E-state index in [1.165, 1.54) is 11.3 Å². The number of para-hydroxylation sites is 1. The van der Waals surface area contributed by atoms with Crippen molar-refractivity contribution in [3.8, 4) is 10.6 Å². The lowest BCUT2D eigenvalue weighted by Gasteiger charge is -2.13. The van der Waals surface area contributed by atoms with Crippen LogP contribution in [0.1, 0.15) is 23.2 Å². The molecule has 1 aromatic carbocycles. The monoisotopic (exact) mass is 412 g/mol. The summed E-state index contributed by atoms with van der Waals surface area (Å²) in [5, 5.41) is 12.5. The molecule has 0 spiro atoms. The zero-order valence-electron chi connectivity index (χ0n) is 14.6. The van der Waals surface area contributed by atoms with Crippen LogP contribution in [0.2, 0.25) is 0 Å². The van der Waals surface area contributed by atoms with Gasteiger partial charge in [-0.05, 0) is 30.0 Å². The minimum atomic E-state index is -0.774. The van der Waals surface area contributed by atoms with E-state index in [2.05, 4.69) is 20.9 Å². The third kappa shape index (κ3) is 3.95. The summed E-state index contributed by atoms with van der Waals surface area (Å²) < 4.78 is 0. The van der Waals surface area contributed by atoms with Gasteiger partial charge in [-0.2, -0.15) is 0 Å². The molecular weight excluding hydrogens is 396 g/mol. The Hall–Kier alpha value is -3.04. The molecule has 1 aliphatic rings. The number of thiophene rings is 1. The van der Waals surface area contributed by atoms with Crippen LogP contribution in [0.4, 0.5) is 10.8 Å². The smallest absolute Gasteiger partial charge is 0.254 e. The Morgan fingerprint density at radius 1 is 1.14 bits per heavy atom. The topological polar surface area (TPSA) is 100 Å². The molecule has 0 radical (unpaired) electrons. The largest absolute Gasteiger partial charge is 0.340 e. The van der Waals surface area contributed by atoms with E-state index in [9.17, 15) is 14.4 Å². The Kier molecular flexibility index (Phi) is 5.18. The van der Waals surface area contributed by atoms with Gasteiger partial charge in [-0.25, -0.2) is 4.98 Å². The van der Waals surface area contributed by atoms with Gasteiger partial charge < -0.3 is 16.0 Å². The van der Waals surface area contributed by atoms with Crippen LogP contribution in [0, 0.1) is 0 Å². The molecule has 3 amide bonds. The third-order valence-corrected chi connectivity index (χ3v) is 5.89. The first-order chi connectivity index (χ1) is 13.6. The molecule has 1 aliphatic heterocycles. The van der Waals surface area contributed by atoms with E-state index in [4.69, 9.17) is 0 Å². The zero-order valence-corrected chi connectivity index (χ0v) is 16.2. The number of hydrogen-bond donors (Lipinski definition) is 3. The maximum Gasteiger partial charge on any atom is 0.254 e. The maximum absolute atomic E-state index is 12.4. The minimum absolute atomic E-state index is 0.0859. The van der Waals surface area contributed by atoms with Crippen LogP contribution in [-0.2, 0) is 9.59 Å². The molecule has 0 aliphatic carbocycles. The summed E-state index contributed by atoms with van der Waals surface area (Å²) in [7, 11) is 0. The summed E-state index contributed by atoms with van der Waals surface area (Å²) in [5.41, 5.74) is 1.70. The van der Waals surface area contributed by atoms with Crippen molar-refractivity contribution >= 4 is 51.2 Å². The Balaban J connectivity index is 1.35. The molecule has 4 rings (SSSR count). The number of carbonyl (C=O) groups is 3. The van der Waals surface area contributed by atoms with Crippen LogP contribution in [0.25, 0.3) is 10.6 Å². The first-order valence-corrected chi connectivity index (χ1v) is 10.4. The Morgan fingerprint density at radius 3 is 2.82 bits per heavy atom. The molecule has 0 saturated carbocycles. The van der Waals surface area contributed by atoms with Crippen molar-refractivity contribution in [2.24, 2.45) is 0 Å². The molecule has 7 nitrogen and oxygen atoms in total. The first-order valence-electron chi connectivity index (χ1n) is 8.60. The van der Waals surface area contributed by atoms with Crippen molar-refractivity contribution in [3.05, 3.63) is 52.7 Å². The highest BCUT2D eigenvalue weighted by Gasteiger charge is 2.27. The fraction of sp³-hybridized carbons (Fsp3) is 0.158. The molecule has 2 aromatic heterocycles. The Labute approximate surface area is 168 Å². The van der Waals surface area contributed by atoms with E-state index < -0.39 is 6.04 Å². The predicted octanol–water partition coefficient (Wildman–Crippen LogP) is 3.34. The highest BCUT2D eigenvalue weighted by Crippen LogP contribution is 2.28. The molecule has 3 aromatic rings. The molecule has 0 saturated heterocycles. The van der Waals surface area contributed by atoms with Crippen molar-refractivity contribution in [2.75, 3.05) is 10.6 Å². The summed E-state index contributed by atoms with van der Waals surface area (Å²) >= 11 is 2.93. The lowest BCUT2D eigenvalue weighted by molar-refractivity contribution is -0.118. The number of nitrogens with one attached hydrogen (secondary N) is 3. The van der Waals surface area contributed by atoms with Gasteiger partial charge in [0, 0.05) is 11.8 Å². The minimum Gasteiger partial charge on any atom is -0.340 e. The third-order valence-electron chi connectivity index (χ3n) is 4.24. The second-order valence-electron chi connectivity index (χ2n) is 6.16. The molecule has 1 atom stereocenters. The van der Waals surface area contributed by atoms with Crippen molar-refractivity contribution in [2.45, 2.75) is 18.9 Å². The van der Waals surface area contributed by atoms with Crippen molar-refractivity contribution in [1.82, 2.24) is 10.3 Å². The van der Waals surface area contributed by atoms with Gasteiger partial charge in [0.25, 0.3) is 5.91 Å². The Morgan fingerprint density at radius 2 is 2.00 bits per heavy atom. The molecule has 0 fully saturated rings. The number of hydrogen-bond acceptors (Lipinski definition) is 6. The van der Waals surface area contributed by atoms with Gasteiger partial charge in [0.15, 0.2) is 5.13 Å². The number of amides is 3. The van der Waals surface area contributed by atoms with Gasteiger partial charge >= 0.3 is 0 Å². The number of benzene rings is 1. The van der Waals surface area contributed by atoms with Gasteiger partial charge in [0.2, 0.25) is 11.8 Å². The average molecular weight is 412 g/mol. The fourth-order valence-corrected chi connectivity index (χ4v) is 4.33. The van der Waals surface area contributed by atoms with Gasteiger partial charge in [0.05, 0.1) is 21.8 Å². The summed E-state index contributed by atoms with van der Waals surface area (Å²) in [6.07, 6.45) is 0.281. The van der Waals surface area contributed by atoms with E-state index in [0.29, 0.717) is 16.4 Å². The zero-order chi connectivity index (χ0) is 19.5. The average Bonchev–Trinajstić information content (AvgIpc) is 3.34. The summed E-state index contributed by atoms with van der Waals surface area (Å²) in [6.45, 7) is 0. The molecule has 3 N–H and O–H groups in total. The second-order valence-corrected chi connectivity index (χ2v) is 7.97. The van der Waals surface area contributed by atoms with Crippen LogP contribution >= 0.6 is 22.7 Å². The lowest BCUT2D eigenvalue weighted by atomic mass is 10.1. The van der Waals surface area contributed by atoms with Crippen LogP contribution in [0.5, 0.6) is 0 Å². The van der Waals surface area contributed by atoms with Crippen molar-refractivity contribution < 1.29 is 14.4 Å². The number of aromatic nitrogens is 1. The fourth-order valence-electron chi connectivity index (χ4n) is 2.84. The molecule has 9 heteroatoms. The first kappa shape index (κ1) is 18.3.